The Morgan fingerprint density at radius 2 is 1.97 bits per heavy atom. The van der Waals surface area contributed by atoms with E-state index in [1.165, 1.54) is 16.2 Å². The van der Waals surface area contributed by atoms with E-state index in [9.17, 15) is 14.7 Å². The van der Waals surface area contributed by atoms with Gasteiger partial charge >= 0.3 is 0 Å². The number of nitrogens with zero attached hydrogens (tertiary/aromatic N) is 5. The summed E-state index contributed by atoms with van der Waals surface area (Å²) in [6.07, 6.45) is 4.15. The SMILES string of the molecule is CCCN1C(=O)/C(=C\c2c(N3CCN(CCO)CC3)nc3ccccn3c2=O)SC1=S. The number of rotatable bonds is 6. The molecule has 0 atom stereocenters. The quantitative estimate of drug-likeness (QED) is 0.513. The lowest BCUT2D eigenvalue weighted by molar-refractivity contribution is -0.122. The van der Waals surface area contributed by atoms with E-state index in [2.05, 4.69) is 9.80 Å². The van der Waals surface area contributed by atoms with Crippen molar-refractivity contribution in [3.63, 3.8) is 0 Å². The molecule has 0 spiro atoms. The summed E-state index contributed by atoms with van der Waals surface area (Å²) in [5.74, 6) is 0.425. The molecular formula is C21H25N5O3S2. The maximum absolute atomic E-state index is 13.4. The highest BCUT2D eigenvalue weighted by atomic mass is 32.2. The number of thioether (sulfide) groups is 1. The molecule has 2 saturated heterocycles. The smallest absolute Gasteiger partial charge is 0.267 e. The van der Waals surface area contributed by atoms with Gasteiger partial charge < -0.3 is 10.0 Å². The molecule has 8 nitrogen and oxygen atoms in total. The van der Waals surface area contributed by atoms with Gasteiger partial charge in [0.2, 0.25) is 0 Å². The number of anilines is 1. The third kappa shape index (κ3) is 4.38. The van der Waals surface area contributed by atoms with Crippen LogP contribution in [0.5, 0.6) is 0 Å². The molecule has 0 bridgehead atoms. The molecule has 4 rings (SSSR count). The summed E-state index contributed by atoms with van der Waals surface area (Å²) in [6.45, 7) is 6.24. The summed E-state index contributed by atoms with van der Waals surface area (Å²) in [4.78, 5) is 37.3. The van der Waals surface area contributed by atoms with Gasteiger partial charge in [0.1, 0.15) is 15.8 Å². The van der Waals surface area contributed by atoms with Crippen molar-refractivity contribution >= 4 is 51.7 Å². The zero-order valence-corrected chi connectivity index (χ0v) is 19.0. The third-order valence-electron chi connectivity index (χ3n) is 5.43. The van der Waals surface area contributed by atoms with Gasteiger partial charge in [-0.1, -0.05) is 37.0 Å². The summed E-state index contributed by atoms with van der Waals surface area (Å²) in [5, 5.41) is 9.20. The van der Waals surface area contributed by atoms with E-state index in [4.69, 9.17) is 17.2 Å². The van der Waals surface area contributed by atoms with Crippen LogP contribution in [0.2, 0.25) is 0 Å². The second-order valence-corrected chi connectivity index (χ2v) is 9.14. The monoisotopic (exact) mass is 459 g/mol. The van der Waals surface area contributed by atoms with E-state index in [1.807, 2.05) is 13.0 Å². The van der Waals surface area contributed by atoms with Crippen molar-refractivity contribution in [2.75, 3.05) is 50.8 Å². The van der Waals surface area contributed by atoms with Crippen LogP contribution in [0.15, 0.2) is 34.1 Å². The number of β-amino-alcohol motifs (C(OH)–C–C–N with tert-alkyl or cyclic N) is 1. The number of hydrogen-bond acceptors (Lipinski definition) is 8. The number of amides is 1. The second kappa shape index (κ2) is 9.47. The first-order chi connectivity index (χ1) is 15.0. The van der Waals surface area contributed by atoms with Gasteiger partial charge in [-0.05, 0) is 24.6 Å². The Labute approximate surface area is 190 Å². The maximum atomic E-state index is 13.4. The lowest BCUT2D eigenvalue weighted by Gasteiger charge is -2.35. The van der Waals surface area contributed by atoms with Crippen LogP contribution in [0.1, 0.15) is 18.9 Å². The highest BCUT2D eigenvalue weighted by molar-refractivity contribution is 8.26. The molecule has 10 heteroatoms. The van der Waals surface area contributed by atoms with Crippen molar-refractivity contribution in [3.05, 3.63) is 45.2 Å². The molecule has 0 radical (unpaired) electrons. The Morgan fingerprint density at radius 3 is 2.68 bits per heavy atom. The van der Waals surface area contributed by atoms with Crippen LogP contribution in [-0.4, -0.2) is 80.4 Å². The van der Waals surface area contributed by atoms with Crippen LogP contribution in [0, 0.1) is 0 Å². The molecule has 2 aliphatic heterocycles. The van der Waals surface area contributed by atoms with Crippen LogP contribution < -0.4 is 10.5 Å². The molecule has 2 aliphatic rings. The molecule has 164 valence electrons. The fourth-order valence-corrected chi connectivity index (χ4v) is 5.12. The Morgan fingerprint density at radius 1 is 1.19 bits per heavy atom. The van der Waals surface area contributed by atoms with Crippen molar-refractivity contribution in [3.8, 4) is 0 Å². The molecule has 2 aromatic heterocycles. The minimum Gasteiger partial charge on any atom is -0.395 e. The van der Waals surface area contributed by atoms with Gasteiger partial charge in [0.25, 0.3) is 11.5 Å². The number of aliphatic hydroxyl groups is 1. The number of fused-ring (bicyclic) bond motifs is 1. The van der Waals surface area contributed by atoms with Gasteiger partial charge in [-0.2, -0.15) is 0 Å². The predicted octanol–water partition coefficient (Wildman–Crippen LogP) is 1.42. The van der Waals surface area contributed by atoms with Crippen molar-refractivity contribution in [1.82, 2.24) is 19.2 Å². The predicted molar refractivity (Wildman–Crippen MR) is 127 cm³/mol. The van der Waals surface area contributed by atoms with Gasteiger partial charge in [-0.25, -0.2) is 4.98 Å². The molecule has 0 aliphatic carbocycles. The number of piperazine rings is 1. The topological polar surface area (TPSA) is 81.4 Å². The number of hydrogen-bond donors (Lipinski definition) is 1. The van der Waals surface area contributed by atoms with Crippen LogP contribution in [-0.2, 0) is 4.79 Å². The Hall–Kier alpha value is -2.27. The van der Waals surface area contributed by atoms with Crippen LogP contribution in [0.4, 0.5) is 5.82 Å². The Bertz CT molecular complexity index is 1090. The number of carbonyl (C=O) groups excluding carboxylic acids is 1. The number of carbonyl (C=O) groups is 1. The maximum Gasteiger partial charge on any atom is 0.267 e. The zero-order chi connectivity index (χ0) is 22.0. The second-order valence-electron chi connectivity index (χ2n) is 7.47. The number of aliphatic hydroxyl groups excluding tert-OH is 1. The molecule has 0 saturated carbocycles. The van der Waals surface area contributed by atoms with E-state index in [0.717, 1.165) is 19.5 Å². The third-order valence-corrected chi connectivity index (χ3v) is 6.81. The zero-order valence-electron chi connectivity index (χ0n) is 17.4. The van der Waals surface area contributed by atoms with Crippen LogP contribution in [0.25, 0.3) is 11.7 Å². The molecule has 0 aromatic carbocycles. The number of pyridine rings is 1. The minimum atomic E-state index is -0.209. The lowest BCUT2D eigenvalue weighted by Crippen LogP contribution is -2.48. The molecule has 0 unspecified atom stereocenters. The van der Waals surface area contributed by atoms with Gasteiger partial charge in [0.15, 0.2) is 0 Å². The van der Waals surface area contributed by atoms with E-state index >= 15 is 0 Å². The van der Waals surface area contributed by atoms with E-state index in [0.29, 0.717) is 52.4 Å². The average Bonchev–Trinajstić information content (AvgIpc) is 3.04. The summed E-state index contributed by atoms with van der Waals surface area (Å²) in [5.41, 5.74) is 0.756. The normalized spacial score (nSPS) is 19.2. The summed E-state index contributed by atoms with van der Waals surface area (Å²) in [7, 11) is 0. The van der Waals surface area contributed by atoms with E-state index in [1.54, 1.807) is 29.3 Å². The highest BCUT2D eigenvalue weighted by Gasteiger charge is 2.32. The number of thiocarbonyl (C=S) groups is 1. The van der Waals surface area contributed by atoms with Crippen molar-refractivity contribution < 1.29 is 9.90 Å². The fraction of sp³-hybridized carbons (Fsp3) is 0.429. The van der Waals surface area contributed by atoms with E-state index in [-0.39, 0.29) is 18.1 Å². The van der Waals surface area contributed by atoms with Crippen molar-refractivity contribution in [2.45, 2.75) is 13.3 Å². The summed E-state index contributed by atoms with van der Waals surface area (Å²) >= 11 is 6.61. The molecule has 4 heterocycles. The average molecular weight is 460 g/mol. The Balaban J connectivity index is 1.76. The molecule has 1 amide bonds. The lowest BCUT2D eigenvalue weighted by atomic mass is 10.2. The number of aromatic nitrogens is 2. The molecular weight excluding hydrogens is 434 g/mol. The van der Waals surface area contributed by atoms with Crippen LogP contribution in [0.3, 0.4) is 0 Å². The first kappa shape index (κ1) is 21.9. The first-order valence-corrected chi connectivity index (χ1v) is 11.6. The summed E-state index contributed by atoms with van der Waals surface area (Å²) in [6, 6.07) is 5.44. The molecule has 2 fully saturated rings. The van der Waals surface area contributed by atoms with Gasteiger partial charge in [-0.3, -0.25) is 23.8 Å². The van der Waals surface area contributed by atoms with Gasteiger partial charge in [0, 0.05) is 45.5 Å². The fourth-order valence-electron chi connectivity index (χ4n) is 3.83. The van der Waals surface area contributed by atoms with Gasteiger partial charge in [0.05, 0.1) is 17.1 Å². The minimum absolute atomic E-state index is 0.125. The Kier molecular flexibility index (Phi) is 6.71. The van der Waals surface area contributed by atoms with Crippen molar-refractivity contribution in [2.24, 2.45) is 0 Å². The van der Waals surface area contributed by atoms with Crippen LogP contribution >= 0.6 is 24.0 Å². The molecule has 1 N–H and O–H groups in total. The standard InChI is InChI=1S/C21H25N5O3S2/c1-2-6-26-20(29)16(31-21(26)30)14-15-18(24-10-8-23(9-11-24)12-13-27)22-17-5-3-4-7-25(17)19(15)28/h3-5,7,14,27H,2,6,8-13H2,1H3/b16-14+. The highest BCUT2D eigenvalue weighted by Crippen LogP contribution is 2.33. The van der Waals surface area contributed by atoms with Crippen molar-refractivity contribution in [1.29, 1.82) is 0 Å². The van der Waals surface area contributed by atoms with Gasteiger partial charge in [-0.15, -0.1) is 0 Å². The summed E-state index contributed by atoms with van der Waals surface area (Å²) < 4.78 is 2.02. The molecule has 2 aromatic rings. The first-order valence-electron chi connectivity index (χ1n) is 10.4. The largest absolute Gasteiger partial charge is 0.395 e. The van der Waals surface area contributed by atoms with E-state index < -0.39 is 0 Å². The molecule has 31 heavy (non-hydrogen) atoms.